The number of furan rings is 1. The van der Waals surface area contributed by atoms with Crippen molar-refractivity contribution >= 4 is 11.0 Å². The maximum atomic E-state index is 5.40. The molecule has 0 radical (unpaired) electrons. The Morgan fingerprint density at radius 1 is 0.941 bits per heavy atom. The molecule has 0 N–H and O–H groups in total. The van der Waals surface area contributed by atoms with Crippen molar-refractivity contribution in [1.82, 2.24) is 0 Å². The van der Waals surface area contributed by atoms with Gasteiger partial charge in [-0.3, -0.25) is 0 Å². The Morgan fingerprint density at radius 2 is 1.76 bits per heavy atom. The number of hydrogen-bond acceptors (Lipinski definition) is 2. The Labute approximate surface area is 99.4 Å². The molecule has 0 amide bonds. The summed E-state index contributed by atoms with van der Waals surface area (Å²) in [6.45, 7) is 0. The normalized spacial score (nSPS) is 10.6. The Hall–Kier alpha value is -2.22. The van der Waals surface area contributed by atoms with Gasteiger partial charge in [0.1, 0.15) is 11.3 Å². The van der Waals surface area contributed by atoms with E-state index in [0.717, 1.165) is 22.3 Å². The van der Waals surface area contributed by atoms with Crippen LogP contribution in [-0.4, -0.2) is 7.11 Å². The molecule has 0 atom stereocenters. The smallest absolute Gasteiger partial charge is 0.134 e. The van der Waals surface area contributed by atoms with E-state index in [1.54, 1.807) is 13.4 Å². The van der Waals surface area contributed by atoms with Crippen molar-refractivity contribution in [2.45, 2.75) is 0 Å². The van der Waals surface area contributed by atoms with Gasteiger partial charge in [0.25, 0.3) is 0 Å². The van der Waals surface area contributed by atoms with Crippen LogP contribution in [0.3, 0.4) is 0 Å². The Morgan fingerprint density at radius 3 is 2.53 bits per heavy atom. The average Bonchev–Trinajstić information content (AvgIpc) is 2.87. The second kappa shape index (κ2) is 3.98. The van der Waals surface area contributed by atoms with E-state index in [1.807, 2.05) is 30.3 Å². The summed E-state index contributed by atoms with van der Waals surface area (Å²) in [7, 11) is 1.67. The van der Waals surface area contributed by atoms with Gasteiger partial charge in [-0.1, -0.05) is 24.3 Å². The molecule has 3 aromatic rings. The van der Waals surface area contributed by atoms with Crippen LogP contribution in [0.2, 0.25) is 0 Å². The first-order valence-electron chi connectivity index (χ1n) is 5.49. The molecule has 1 aromatic heterocycles. The van der Waals surface area contributed by atoms with Crippen molar-refractivity contribution in [2.24, 2.45) is 0 Å². The first-order valence-corrected chi connectivity index (χ1v) is 5.49. The summed E-state index contributed by atoms with van der Waals surface area (Å²) in [6.07, 6.45) is 1.72. The molecule has 1 heterocycles. The van der Waals surface area contributed by atoms with E-state index in [2.05, 4.69) is 18.2 Å². The summed E-state index contributed by atoms with van der Waals surface area (Å²) in [5.41, 5.74) is 3.26. The zero-order valence-corrected chi connectivity index (χ0v) is 9.51. The molecule has 3 rings (SSSR count). The highest BCUT2D eigenvalue weighted by molar-refractivity contribution is 5.93. The highest BCUT2D eigenvalue weighted by Crippen LogP contribution is 2.30. The predicted octanol–water partition coefficient (Wildman–Crippen LogP) is 4.11. The summed E-state index contributed by atoms with van der Waals surface area (Å²) < 4.78 is 10.6. The quantitative estimate of drug-likeness (QED) is 0.653. The second-order valence-corrected chi connectivity index (χ2v) is 3.87. The summed E-state index contributed by atoms with van der Waals surface area (Å²) >= 11 is 0. The molecule has 0 unspecified atom stereocenters. The SMILES string of the molecule is COc1ccc(-c2cccc3occc23)cc1. The van der Waals surface area contributed by atoms with Crippen LogP contribution in [-0.2, 0) is 0 Å². The molecular formula is C15H12O2. The van der Waals surface area contributed by atoms with Crippen molar-refractivity contribution in [3.05, 3.63) is 54.8 Å². The maximum Gasteiger partial charge on any atom is 0.134 e. The van der Waals surface area contributed by atoms with Gasteiger partial charge in [0.05, 0.1) is 13.4 Å². The van der Waals surface area contributed by atoms with E-state index in [-0.39, 0.29) is 0 Å². The molecule has 0 aliphatic rings. The maximum absolute atomic E-state index is 5.40. The fraction of sp³-hybridized carbons (Fsp3) is 0.0667. The minimum absolute atomic E-state index is 0.869. The number of rotatable bonds is 2. The van der Waals surface area contributed by atoms with Crippen molar-refractivity contribution < 1.29 is 9.15 Å². The first-order chi connectivity index (χ1) is 8.38. The lowest BCUT2D eigenvalue weighted by Gasteiger charge is -2.04. The van der Waals surface area contributed by atoms with Gasteiger partial charge in [0.15, 0.2) is 0 Å². The van der Waals surface area contributed by atoms with E-state index in [4.69, 9.17) is 9.15 Å². The molecule has 0 saturated heterocycles. The molecule has 0 bridgehead atoms. The third-order valence-corrected chi connectivity index (χ3v) is 2.90. The van der Waals surface area contributed by atoms with Gasteiger partial charge in [-0.2, -0.15) is 0 Å². The average molecular weight is 224 g/mol. The van der Waals surface area contributed by atoms with Crippen molar-refractivity contribution in [3.8, 4) is 16.9 Å². The lowest BCUT2D eigenvalue weighted by atomic mass is 10.0. The second-order valence-electron chi connectivity index (χ2n) is 3.87. The van der Waals surface area contributed by atoms with Crippen LogP contribution in [0.5, 0.6) is 5.75 Å². The zero-order chi connectivity index (χ0) is 11.7. The molecule has 0 spiro atoms. The minimum Gasteiger partial charge on any atom is -0.497 e. The van der Waals surface area contributed by atoms with Gasteiger partial charge in [-0.15, -0.1) is 0 Å². The van der Waals surface area contributed by atoms with Crippen LogP contribution in [0.25, 0.3) is 22.1 Å². The third-order valence-electron chi connectivity index (χ3n) is 2.90. The fourth-order valence-corrected chi connectivity index (χ4v) is 2.02. The van der Waals surface area contributed by atoms with Crippen molar-refractivity contribution in [1.29, 1.82) is 0 Å². The van der Waals surface area contributed by atoms with Crippen LogP contribution in [0.4, 0.5) is 0 Å². The number of fused-ring (bicyclic) bond motifs is 1. The van der Waals surface area contributed by atoms with Gasteiger partial charge in [0, 0.05) is 5.39 Å². The van der Waals surface area contributed by atoms with Crippen LogP contribution in [0.1, 0.15) is 0 Å². The molecule has 0 aliphatic heterocycles. The number of hydrogen-bond donors (Lipinski definition) is 0. The topological polar surface area (TPSA) is 22.4 Å². The third kappa shape index (κ3) is 1.68. The molecule has 0 fully saturated rings. The van der Waals surface area contributed by atoms with Crippen LogP contribution in [0.15, 0.2) is 59.2 Å². The van der Waals surface area contributed by atoms with Crippen molar-refractivity contribution in [3.63, 3.8) is 0 Å². The van der Waals surface area contributed by atoms with E-state index in [9.17, 15) is 0 Å². The monoisotopic (exact) mass is 224 g/mol. The van der Waals surface area contributed by atoms with Crippen LogP contribution >= 0.6 is 0 Å². The van der Waals surface area contributed by atoms with E-state index >= 15 is 0 Å². The Balaban J connectivity index is 2.16. The molecule has 84 valence electrons. The summed E-state index contributed by atoms with van der Waals surface area (Å²) in [6, 6.07) is 16.1. The van der Waals surface area contributed by atoms with Gasteiger partial charge >= 0.3 is 0 Å². The molecular weight excluding hydrogens is 212 g/mol. The molecule has 2 aromatic carbocycles. The number of methoxy groups -OCH3 is 1. The molecule has 0 saturated carbocycles. The number of ether oxygens (including phenoxy) is 1. The first kappa shape index (κ1) is 9.97. The Bertz CT molecular complexity index is 635. The van der Waals surface area contributed by atoms with Gasteiger partial charge < -0.3 is 9.15 Å². The van der Waals surface area contributed by atoms with Gasteiger partial charge in [-0.25, -0.2) is 0 Å². The van der Waals surface area contributed by atoms with E-state index < -0.39 is 0 Å². The van der Waals surface area contributed by atoms with Crippen molar-refractivity contribution in [2.75, 3.05) is 7.11 Å². The number of benzene rings is 2. The van der Waals surface area contributed by atoms with Crippen LogP contribution in [0, 0.1) is 0 Å². The summed E-state index contributed by atoms with van der Waals surface area (Å²) in [5, 5.41) is 1.14. The molecule has 2 heteroatoms. The molecule has 2 nitrogen and oxygen atoms in total. The highest BCUT2D eigenvalue weighted by atomic mass is 16.5. The predicted molar refractivity (Wildman–Crippen MR) is 68.2 cm³/mol. The van der Waals surface area contributed by atoms with Gasteiger partial charge in [0.2, 0.25) is 0 Å². The highest BCUT2D eigenvalue weighted by Gasteiger charge is 2.05. The summed E-state index contributed by atoms with van der Waals surface area (Å²) in [5.74, 6) is 0.869. The fourth-order valence-electron chi connectivity index (χ4n) is 2.02. The molecule has 17 heavy (non-hydrogen) atoms. The lowest BCUT2D eigenvalue weighted by molar-refractivity contribution is 0.415. The van der Waals surface area contributed by atoms with E-state index in [1.165, 1.54) is 5.56 Å². The Kier molecular flexibility index (Phi) is 2.33. The van der Waals surface area contributed by atoms with Crippen LogP contribution < -0.4 is 4.74 Å². The lowest BCUT2D eigenvalue weighted by Crippen LogP contribution is -1.83. The standard InChI is InChI=1S/C15H12O2/c1-16-12-7-5-11(6-8-12)13-3-2-4-15-14(13)9-10-17-15/h2-10H,1H3. The van der Waals surface area contributed by atoms with Gasteiger partial charge in [-0.05, 0) is 35.4 Å². The molecule has 0 aliphatic carbocycles. The summed E-state index contributed by atoms with van der Waals surface area (Å²) in [4.78, 5) is 0. The van der Waals surface area contributed by atoms with E-state index in [0.29, 0.717) is 0 Å². The largest absolute Gasteiger partial charge is 0.497 e. The zero-order valence-electron chi connectivity index (χ0n) is 9.51. The minimum atomic E-state index is 0.869.